The van der Waals surface area contributed by atoms with Crippen LogP contribution in [0.3, 0.4) is 0 Å². The molecular weight excluding hydrogens is 362 g/mol. The van der Waals surface area contributed by atoms with Gasteiger partial charge in [0.2, 0.25) is 0 Å². The highest BCUT2D eigenvalue weighted by atomic mass is 35.5. The fraction of sp³-hybridized carbons (Fsp3) is 0.381. The van der Waals surface area contributed by atoms with Crippen LogP contribution in [0.25, 0.3) is 0 Å². The van der Waals surface area contributed by atoms with Crippen molar-refractivity contribution < 1.29 is 9.53 Å². The number of carbonyl (C=O) groups excluding carboxylic acids is 1. The third kappa shape index (κ3) is 4.54. The fourth-order valence-electron chi connectivity index (χ4n) is 3.55. The summed E-state index contributed by atoms with van der Waals surface area (Å²) in [6, 6.07) is 14.2. The van der Waals surface area contributed by atoms with Crippen LogP contribution in [0.5, 0.6) is 5.75 Å². The minimum absolute atomic E-state index is 0.137. The number of anilines is 1. The summed E-state index contributed by atoms with van der Waals surface area (Å²) in [7, 11) is 1.52. The van der Waals surface area contributed by atoms with Gasteiger partial charge in [0.1, 0.15) is 5.75 Å². The van der Waals surface area contributed by atoms with Crippen molar-refractivity contribution in [1.82, 2.24) is 10.2 Å². The van der Waals surface area contributed by atoms with Crippen LogP contribution in [0.15, 0.2) is 42.5 Å². The van der Waals surface area contributed by atoms with Gasteiger partial charge in [-0.15, -0.1) is 0 Å². The van der Waals surface area contributed by atoms with Gasteiger partial charge in [0, 0.05) is 31.2 Å². The quantitative estimate of drug-likeness (QED) is 0.764. The number of amides is 1. The summed E-state index contributed by atoms with van der Waals surface area (Å²) in [5.41, 5.74) is 7.92. The molecule has 1 saturated heterocycles. The molecule has 1 heterocycles. The maximum absolute atomic E-state index is 12.7. The number of nitrogens with two attached hydrogens (primary N) is 1. The van der Waals surface area contributed by atoms with E-state index in [-0.39, 0.29) is 11.9 Å². The topological polar surface area (TPSA) is 67.6 Å². The Morgan fingerprint density at radius 2 is 1.93 bits per heavy atom. The summed E-state index contributed by atoms with van der Waals surface area (Å²) in [6.07, 6.45) is 1.82. The molecule has 2 aromatic rings. The van der Waals surface area contributed by atoms with E-state index in [1.54, 1.807) is 12.1 Å². The molecule has 0 spiro atoms. The van der Waals surface area contributed by atoms with E-state index in [1.165, 1.54) is 12.7 Å². The number of methoxy groups -OCH3 is 1. The molecule has 0 aliphatic carbocycles. The molecule has 27 heavy (non-hydrogen) atoms. The van der Waals surface area contributed by atoms with Crippen LogP contribution < -0.4 is 15.8 Å². The molecule has 144 valence electrons. The lowest BCUT2D eigenvalue weighted by atomic mass is 10.00. The zero-order valence-corrected chi connectivity index (χ0v) is 16.5. The number of nitrogens with zero attached hydrogens (tertiary/aromatic N) is 1. The molecule has 1 unspecified atom stereocenters. The normalized spacial score (nSPS) is 16.7. The Morgan fingerprint density at radius 1 is 1.26 bits per heavy atom. The summed E-state index contributed by atoms with van der Waals surface area (Å²) in [4.78, 5) is 15.1. The number of nitrogens with one attached hydrogen (secondary N) is 1. The minimum Gasteiger partial charge on any atom is -0.496 e. The first kappa shape index (κ1) is 19.5. The summed E-state index contributed by atoms with van der Waals surface area (Å²) < 4.78 is 5.28. The van der Waals surface area contributed by atoms with E-state index in [2.05, 4.69) is 41.4 Å². The zero-order valence-electron chi connectivity index (χ0n) is 15.7. The lowest BCUT2D eigenvalue weighted by Crippen LogP contribution is -2.45. The van der Waals surface area contributed by atoms with Crippen molar-refractivity contribution in [2.24, 2.45) is 0 Å². The Labute approximate surface area is 165 Å². The van der Waals surface area contributed by atoms with Crippen molar-refractivity contribution in [1.29, 1.82) is 0 Å². The highest BCUT2D eigenvalue weighted by Gasteiger charge is 2.25. The standard InChI is InChI=1S/C21H26ClN3O2/c1-14(15-6-4-3-5-7-15)25-10-8-16(9-11-25)24-21(26)17-12-18(22)19(23)13-20(17)27-2/h3-7,12-14,16H,8-11,23H2,1-2H3,(H,24,26). The van der Waals surface area contributed by atoms with Crippen molar-refractivity contribution >= 4 is 23.2 Å². The number of likely N-dealkylation sites (tertiary alicyclic amines) is 1. The predicted octanol–water partition coefficient (Wildman–Crippen LogP) is 3.89. The second-order valence-electron chi connectivity index (χ2n) is 6.94. The number of hydrogen-bond donors (Lipinski definition) is 2. The molecular formula is C21H26ClN3O2. The van der Waals surface area contributed by atoms with Gasteiger partial charge in [-0.05, 0) is 31.4 Å². The minimum atomic E-state index is -0.177. The molecule has 3 N–H and O–H groups in total. The predicted molar refractivity (Wildman–Crippen MR) is 109 cm³/mol. The van der Waals surface area contributed by atoms with Gasteiger partial charge >= 0.3 is 0 Å². The van der Waals surface area contributed by atoms with Gasteiger partial charge < -0.3 is 15.8 Å². The molecule has 1 aliphatic heterocycles. The van der Waals surface area contributed by atoms with Gasteiger partial charge in [0.05, 0.1) is 23.4 Å². The number of hydrogen-bond acceptors (Lipinski definition) is 4. The Balaban J connectivity index is 1.59. The third-order valence-electron chi connectivity index (χ3n) is 5.26. The molecule has 1 atom stereocenters. The van der Waals surface area contributed by atoms with Crippen LogP contribution in [0.4, 0.5) is 5.69 Å². The largest absolute Gasteiger partial charge is 0.496 e. The van der Waals surface area contributed by atoms with E-state index in [0.29, 0.717) is 28.1 Å². The van der Waals surface area contributed by atoms with E-state index in [4.69, 9.17) is 22.1 Å². The summed E-state index contributed by atoms with van der Waals surface area (Å²) >= 11 is 6.07. The van der Waals surface area contributed by atoms with Crippen molar-refractivity contribution in [2.45, 2.75) is 31.8 Å². The maximum atomic E-state index is 12.7. The monoisotopic (exact) mass is 387 g/mol. The lowest BCUT2D eigenvalue weighted by Gasteiger charge is -2.36. The molecule has 5 nitrogen and oxygen atoms in total. The van der Waals surface area contributed by atoms with E-state index >= 15 is 0 Å². The highest BCUT2D eigenvalue weighted by molar-refractivity contribution is 6.33. The maximum Gasteiger partial charge on any atom is 0.255 e. The van der Waals surface area contributed by atoms with E-state index < -0.39 is 0 Å². The number of piperidine rings is 1. The van der Waals surface area contributed by atoms with Gasteiger partial charge in [0.15, 0.2) is 0 Å². The van der Waals surface area contributed by atoms with Crippen molar-refractivity contribution in [3.8, 4) is 5.75 Å². The SMILES string of the molecule is COc1cc(N)c(Cl)cc1C(=O)NC1CCN(C(C)c2ccccc2)CC1. The Morgan fingerprint density at radius 3 is 2.56 bits per heavy atom. The molecule has 2 aromatic carbocycles. The number of nitrogen functional groups attached to an aromatic ring is 1. The van der Waals surface area contributed by atoms with Gasteiger partial charge in [-0.3, -0.25) is 9.69 Å². The van der Waals surface area contributed by atoms with Crippen LogP contribution in [0.1, 0.15) is 41.7 Å². The van der Waals surface area contributed by atoms with Gasteiger partial charge in [0.25, 0.3) is 5.91 Å². The molecule has 1 aliphatic rings. The zero-order chi connectivity index (χ0) is 19.4. The highest BCUT2D eigenvalue weighted by Crippen LogP contribution is 2.29. The van der Waals surface area contributed by atoms with Crippen molar-refractivity contribution in [3.63, 3.8) is 0 Å². The lowest BCUT2D eigenvalue weighted by molar-refractivity contribution is 0.0893. The molecule has 0 aromatic heterocycles. The van der Waals surface area contributed by atoms with Crippen LogP contribution in [0.2, 0.25) is 5.02 Å². The molecule has 1 amide bonds. The van der Waals surface area contributed by atoms with Crippen LogP contribution >= 0.6 is 11.6 Å². The summed E-state index contributed by atoms with van der Waals surface area (Å²) in [5.74, 6) is 0.257. The fourth-order valence-corrected chi connectivity index (χ4v) is 3.72. The number of benzene rings is 2. The molecule has 3 rings (SSSR count). The summed E-state index contributed by atoms with van der Waals surface area (Å²) in [5, 5.41) is 3.46. The number of halogens is 1. The average molecular weight is 388 g/mol. The number of carbonyl (C=O) groups is 1. The van der Waals surface area contributed by atoms with Crippen LogP contribution in [-0.4, -0.2) is 37.0 Å². The third-order valence-corrected chi connectivity index (χ3v) is 5.59. The van der Waals surface area contributed by atoms with E-state index in [1.807, 2.05) is 6.07 Å². The summed E-state index contributed by atoms with van der Waals surface area (Å²) in [6.45, 7) is 4.12. The molecule has 0 radical (unpaired) electrons. The first-order valence-electron chi connectivity index (χ1n) is 9.22. The van der Waals surface area contributed by atoms with Gasteiger partial charge in [-0.25, -0.2) is 0 Å². The molecule has 0 bridgehead atoms. The Hall–Kier alpha value is -2.24. The molecule has 0 saturated carbocycles. The Kier molecular flexibility index (Phi) is 6.24. The second kappa shape index (κ2) is 8.63. The van der Waals surface area contributed by atoms with Crippen molar-refractivity contribution in [3.05, 3.63) is 58.6 Å². The van der Waals surface area contributed by atoms with Crippen LogP contribution in [0, 0.1) is 0 Å². The van der Waals surface area contributed by atoms with E-state index in [0.717, 1.165) is 25.9 Å². The molecule has 1 fully saturated rings. The average Bonchev–Trinajstić information content (AvgIpc) is 2.70. The molecule has 6 heteroatoms. The Bertz CT molecular complexity index is 790. The smallest absolute Gasteiger partial charge is 0.255 e. The second-order valence-corrected chi connectivity index (χ2v) is 7.35. The first-order chi connectivity index (χ1) is 13.0. The van der Waals surface area contributed by atoms with E-state index in [9.17, 15) is 4.79 Å². The first-order valence-corrected chi connectivity index (χ1v) is 9.60. The van der Waals surface area contributed by atoms with Gasteiger partial charge in [-0.2, -0.15) is 0 Å². The van der Waals surface area contributed by atoms with Crippen LogP contribution in [-0.2, 0) is 0 Å². The number of ether oxygens (including phenoxy) is 1. The van der Waals surface area contributed by atoms with Crippen molar-refractivity contribution in [2.75, 3.05) is 25.9 Å². The van der Waals surface area contributed by atoms with Gasteiger partial charge in [-0.1, -0.05) is 41.9 Å². The number of rotatable bonds is 5.